The van der Waals surface area contributed by atoms with Gasteiger partial charge in [0.15, 0.2) is 11.6 Å². The number of carbonyl (C=O) groups excluding carboxylic acids is 1. The molecule has 0 atom stereocenters. The van der Waals surface area contributed by atoms with Crippen LogP contribution in [-0.2, 0) is 11.2 Å². The van der Waals surface area contributed by atoms with Crippen molar-refractivity contribution in [3.63, 3.8) is 0 Å². The Hall–Kier alpha value is -2.43. The summed E-state index contributed by atoms with van der Waals surface area (Å²) in [7, 11) is 1.14. The molecule has 0 N–H and O–H groups in total. The molecule has 2 aromatic carbocycles. The molecule has 110 valence electrons. The normalized spacial score (nSPS) is 10.3. The highest BCUT2D eigenvalue weighted by molar-refractivity contribution is 5.63. The van der Waals surface area contributed by atoms with Crippen molar-refractivity contribution in [3.05, 3.63) is 64.7 Å². The lowest BCUT2D eigenvalue weighted by Crippen LogP contribution is -2.08. The first-order valence-corrected chi connectivity index (χ1v) is 6.29. The Kier molecular flexibility index (Phi) is 4.52. The maximum absolute atomic E-state index is 13.8. The van der Waals surface area contributed by atoms with Crippen molar-refractivity contribution in [2.45, 2.75) is 13.3 Å². The van der Waals surface area contributed by atoms with E-state index in [1.807, 2.05) is 0 Å². The highest BCUT2D eigenvalue weighted by Gasteiger charge is 2.10. The van der Waals surface area contributed by atoms with Gasteiger partial charge in [-0.25, -0.2) is 13.6 Å². The first-order valence-electron chi connectivity index (χ1n) is 6.29. The van der Waals surface area contributed by atoms with Gasteiger partial charge in [-0.15, -0.1) is 0 Å². The second-order valence-electron chi connectivity index (χ2n) is 4.58. The van der Waals surface area contributed by atoms with Crippen LogP contribution in [0.15, 0.2) is 36.4 Å². The van der Waals surface area contributed by atoms with Gasteiger partial charge in [0.25, 0.3) is 0 Å². The molecule has 0 aliphatic heterocycles. The molecule has 2 rings (SSSR count). The molecule has 0 bridgehead atoms. The molecule has 0 radical (unpaired) electrons. The lowest BCUT2D eigenvalue weighted by molar-refractivity contribution is 0.119. The molecule has 0 aromatic heterocycles. The largest absolute Gasteiger partial charge is 0.513 e. The zero-order valence-corrected chi connectivity index (χ0v) is 11.7. The number of ether oxygens (including phenoxy) is 2. The quantitative estimate of drug-likeness (QED) is 0.633. The minimum absolute atomic E-state index is 0.208. The van der Waals surface area contributed by atoms with E-state index in [1.165, 1.54) is 18.2 Å². The maximum Gasteiger partial charge on any atom is 0.513 e. The third-order valence-electron chi connectivity index (χ3n) is 3.00. The molecule has 21 heavy (non-hydrogen) atoms. The van der Waals surface area contributed by atoms with E-state index < -0.39 is 12.0 Å². The standard InChI is InChI=1S/C16H14F2O3/c1-10-3-4-11(8-13(10)17)7-12-5-6-15(14(18)9-12)21-16(19)20-2/h3-6,8-9H,7H2,1-2H3. The molecule has 5 heteroatoms. The predicted octanol–water partition coefficient (Wildman–Crippen LogP) is 4.01. The van der Waals surface area contributed by atoms with Crippen LogP contribution in [0.2, 0.25) is 0 Å². The van der Waals surface area contributed by atoms with Crippen LogP contribution in [0.5, 0.6) is 5.75 Å². The SMILES string of the molecule is COC(=O)Oc1ccc(Cc2ccc(C)c(F)c2)cc1F. The van der Waals surface area contributed by atoms with Crippen LogP contribution in [0.3, 0.4) is 0 Å². The van der Waals surface area contributed by atoms with Crippen molar-refractivity contribution in [1.29, 1.82) is 0 Å². The van der Waals surface area contributed by atoms with Gasteiger partial charge in [0.05, 0.1) is 7.11 Å². The molecule has 3 nitrogen and oxygen atoms in total. The smallest absolute Gasteiger partial charge is 0.437 e. The van der Waals surface area contributed by atoms with E-state index >= 15 is 0 Å². The average molecular weight is 292 g/mol. The van der Waals surface area contributed by atoms with Crippen molar-refractivity contribution < 1.29 is 23.0 Å². The van der Waals surface area contributed by atoms with Gasteiger partial charge in [-0.2, -0.15) is 0 Å². The van der Waals surface area contributed by atoms with Gasteiger partial charge < -0.3 is 9.47 Å². The number of benzene rings is 2. The Balaban J connectivity index is 2.16. The van der Waals surface area contributed by atoms with Gasteiger partial charge in [-0.3, -0.25) is 0 Å². The number of hydrogen-bond acceptors (Lipinski definition) is 3. The summed E-state index contributed by atoms with van der Waals surface area (Å²) in [6.45, 7) is 1.68. The third kappa shape index (κ3) is 3.78. The minimum atomic E-state index is -0.984. The fraction of sp³-hybridized carbons (Fsp3) is 0.188. The van der Waals surface area contributed by atoms with E-state index in [9.17, 15) is 13.6 Å². The molecule has 0 fully saturated rings. The molecule has 0 saturated carbocycles. The molecular weight excluding hydrogens is 278 g/mol. The van der Waals surface area contributed by atoms with E-state index in [2.05, 4.69) is 9.47 Å². The minimum Gasteiger partial charge on any atom is -0.437 e. The van der Waals surface area contributed by atoms with Crippen molar-refractivity contribution in [3.8, 4) is 5.75 Å². The highest BCUT2D eigenvalue weighted by atomic mass is 19.1. The number of halogens is 2. The maximum atomic E-state index is 13.8. The fourth-order valence-corrected chi connectivity index (χ4v) is 1.85. The van der Waals surface area contributed by atoms with E-state index in [0.29, 0.717) is 17.5 Å². The first kappa shape index (κ1) is 15.0. The average Bonchev–Trinajstić information content (AvgIpc) is 2.45. The predicted molar refractivity (Wildman–Crippen MR) is 73.4 cm³/mol. The van der Waals surface area contributed by atoms with E-state index in [1.54, 1.807) is 25.1 Å². The highest BCUT2D eigenvalue weighted by Crippen LogP contribution is 2.21. The zero-order valence-electron chi connectivity index (χ0n) is 11.7. The van der Waals surface area contributed by atoms with E-state index in [4.69, 9.17) is 0 Å². The van der Waals surface area contributed by atoms with Crippen molar-refractivity contribution >= 4 is 6.16 Å². The van der Waals surface area contributed by atoms with Crippen LogP contribution in [0.25, 0.3) is 0 Å². The van der Waals surface area contributed by atoms with Gasteiger partial charge in [0.1, 0.15) is 5.82 Å². The molecule has 0 amide bonds. The van der Waals surface area contributed by atoms with Gasteiger partial charge >= 0.3 is 6.16 Å². The van der Waals surface area contributed by atoms with Crippen molar-refractivity contribution in [1.82, 2.24) is 0 Å². The second kappa shape index (κ2) is 6.35. The lowest BCUT2D eigenvalue weighted by Gasteiger charge is -2.07. The number of rotatable bonds is 3. The van der Waals surface area contributed by atoms with Crippen molar-refractivity contribution in [2.24, 2.45) is 0 Å². The molecule has 0 heterocycles. The summed E-state index contributed by atoms with van der Waals surface area (Å²) in [5.41, 5.74) is 1.94. The summed E-state index contributed by atoms with van der Waals surface area (Å²) in [5, 5.41) is 0. The third-order valence-corrected chi connectivity index (χ3v) is 3.00. The number of aryl methyl sites for hydroxylation is 1. The summed E-state index contributed by atoms with van der Waals surface area (Å²) in [6.07, 6.45) is -0.602. The summed E-state index contributed by atoms with van der Waals surface area (Å²) < 4.78 is 36.2. The fourth-order valence-electron chi connectivity index (χ4n) is 1.85. The van der Waals surface area contributed by atoms with Gasteiger partial charge in [0.2, 0.25) is 0 Å². The Bertz CT molecular complexity index is 669. The summed E-state index contributed by atoms with van der Waals surface area (Å²) in [6, 6.07) is 9.08. The molecule has 0 spiro atoms. The number of methoxy groups -OCH3 is 1. The first-order chi connectivity index (χ1) is 9.99. The van der Waals surface area contributed by atoms with Crippen LogP contribution in [0.1, 0.15) is 16.7 Å². The molecule has 2 aromatic rings. The summed E-state index contributed by atoms with van der Waals surface area (Å²) in [5.74, 6) is -1.18. The molecule has 0 unspecified atom stereocenters. The lowest BCUT2D eigenvalue weighted by atomic mass is 10.0. The number of carbonyl (C=O) groups is 1. The summed E-state index contributed by atoms with van der Waals surface area (Å²) >= 11 is 0. The van der Waals surface area contributed by atoms with Gasteiger partial charge in [-0.05, 0) is 48.2 Å². The molecule has 0 saturated heterocycles. The Morgan fingerprint density at radius 1 is 1.05 bits per heavy atom. The van der Waals surface area contributed by atoms with E-state index in [0.717, 1.165) is 12.7 Å². The molecule has 0 aliphatic rings. The van der Waals surface area contributed by atoms with E-state index in [-0.39, 0.29) is 11.6 Å². The van der Waals surface area contributed by atoms with Crippen LogP contribution in [-0.4, -0.2) is 13.3 Å². The molecule has 0 aliphatic carbocycles. The number of hydrogen-bond donors (Lipinski definition) is 0. The van der Waals surface area contributed by atoms with Crippen molar-refractivity contribution in [2.75, 3.05) is 7.11 Å². The van der Waals surface area contributed by atoms with Gasteiger partial charge in [-0.1, -0.05) is 18.2 Å². The molecular formula is C16H14F2O3. The monoisotopic (exact) mass is 292 g/mol. The van der Waals surface area contributed by atoms with Crippen LogP contribution in [0.4, 0.5) is 13.6 Å². The topological polar surface area (TPSA) is 35.5 Å². The Morgan fingerprint density at radius 3 is 2.24 bits per heavy atom. The Labute approximate surface area is 121 Å². The van der Waals surface area contributed by atoms with Crippen LogP contribution < -0.4 is 4.74 Å². The second-order valence-corrected chi connectivity index (χ2v) is 4.58. The Morgan fingerprint density at radius 2 is 1.67 bits per heavy atom. The summed E-state index contributed by atoms with van der Waals surface area (Å²) in [4.78, 5) is 10.9. The van der Waals surface area contributed by atoms with Crippen LogP contribution >= 0.6 is 0 Å². The van der Waals surface area contributed by atoms with Crippen LogP contribution in [0, 0.1) is 18.6 Å². The van der Waals surface area contributed by atoms with Gasteiger partial charge in [0, 0.05) is 0 Å². The zero-order chi connectivity index (χ0) is 15.4.